The van der Waals surface area contributed by atoms with Crippen LogP contribution < -0.4 is 5.32 Å². The van der Waals surface area contributed by atoms with Gasteiger partial charge in [-0.05, 0) is 43.4 Å². The molecule has 0 spiro atoms. The Bertz CT molecular complexity index is 850. The van der Waals surface area contributed by atoms with Crippen molar-refractivity contribution in [1.29, 1.82) is 0 Å². The molecular weight excluding hydrogens is 354 g/mol. The number of carbonyl (C=O) groups is 2. The molecule has 148 valence electrons. The summed E-state index contributed by atoms with van der Waals surface area (Å²) in [5.41, 5.74) is 1.72. The Morgan fingerprint density at radius 2 is 1.82 bits per heavy atom. The van der Waals surface area contributed by atoms with Crippen LogP contribution in [0.15, 0.2) is 24.3 Å². The molecule has 1 fully saturated rings. The molecule has 7 heteroatoms. The lowest BCUT2D eigenvalue weighted by atomic mass is 9.95. The smallest absolute Gasteiger partial charge is 0.226 e. The van der Waals surface area contributed by atoms with Crippen LogP contribution in [0.4, 0.5) is 5.69 Å². The number of benzene rings is 1. The molecule has 2 aliphatic rings. The van der Waals surface area contributed by atoms with Gasteiger partial charge in [0.2, 0.25) is 11.8 Å². The van der Waals surface area contributed by atoms with E-state index in [1.165, 1.54) is 19.8 Å². The minimum Gasteiger partial charge on any atom is -0.342 e. The van der Waals surface area contributed by atoms with Crippen LogP contribution in [0.3, 0.4) is 0 Å². The molecule has 2 aliphatic heterocycles. The third-order valence-corrected chi connectivity index (χ3v) is 5.73. The lowest BCUT2D eigenvalue weighted by Crippen LogP contribution is -2.39. The van der Waals surface area contributed by atoms with Gasteiger partial charge in [-0.15, -0.1) is 10.2 Å². The van der Waals surface area contributed by atoms with Crippen LogP contribution in [0, 0.1) is 0 Å². The lowest BCUT2D eigenvalue weighted by molar-refractivity contribution is -0.131. The molecule has 0 atom stereocenters. The highest BCUT2D eigenvalue weighted by atomic mass is 16.2. The molecule has 0 aliphatic carbocycles. The Kier molecular flexibility index (Phi) is 5.41. The van der Waals surface area contributed by atoms with Crippen LogP contribution in [0.2, 0.25) is 0 Å². The van der Waals surface area contributed by atoms with Crippen molar-refractivity contribution in [2.24, 2.45) is 0 Å². The zero-order chi connectivity index (χ0) is 19.5. The first-order valence-electron chi connectivity index (χ1n) is 10.2. The summed E-state index contributed by atoms with van der Waals surface area (Å²) in [5.74, 6) is 2.72. The van der Waals surface area contributed by atoms with Crippen LogP contribution in [-0.2, 0) is 29.0 Å². The molecule has 7 nitrogen and oxygen atoms in total. The number of fused-ring (bicyclic) bond motifs is 1. The number of aryl methyl sites for hydroxylation is 1. The summed E-state index contributed by atoms with van der Waals surface area (Å²) < 4.78 is 2.31. The highest BCUT2D eigenvalue weighted by molar-refractivity contribution is 5.88. The van der Waals surface area contributed by atoms with Crippen molar-refractivity contribution in [3.05, 3.63) is 41.5 Å². The molecule has 4 rings (SSSR count). The maximum Gasteiger partial charge on any atom is 0.226 e. The van der Waals surface area contributed by atoms with Gasteiger partial charge in [0, 0.05) is 44.6 Å². The Balaban J connectivity index is 1.31. The van der Waals surface area contributed by atoms with Crippen LogP contribution in [0.25, 0.3) is 0 Å². The van der Waals surface area contributed by atoms with Gasteiger partial charge < -0.3 is 14.8 Å². The number of anilines is 1. The number of piperidine rings is 1. The van der Waals surface area contributed by atoms with E-state index in [4.69, 9.17) is 0 Å². The first kappa shape index (κ1) is 18.7. The number of aromatic nitrogens is 3. The topological polar surface area (TPSA) is 80.1 Å². The Morgan fingerprint density at radius 3 is 2.54 bits per heavy atom. The second-order valence-electron chi connectivity index (χ2n) is 7.79. The number of hydrogen-bond donors (Lipinski definition) is 1. The maximum absolute atomic E-state index is 12.7. The zero-order valence-electron chi connectivity index (χ0n) is 16.4. The fourth-order valence-corrected chi connectivity index (χ4v) is 4.22. The first-order valence-corrected chi connectivity index (χ1v) is 10.2. The fraction of sp³-hybridized carbons (Fsp3) is 0.524. The summed E-state index contributed by atoms with van der Waals surface area (Å²) in [6.45, 7) is 4.06. The highest BCUT2D eigenvalue weighted by Crippen LogP contribution is 2.29. The summed E-state index contributed by atoms with van der Waals surface area (Å²) in [4.78, 5) is 25.7. The monoisotopic (exact) mass is 381 g/mol. The van der Waals surface area contributed by atoms with Gasteiger partial charge in [0.05, 0.1) is 6.42 Å². The number of nitrogens with one attached hydrogen (secondary N) is 1. The van der Waals surface area contributed by atoms with E-state index in [1.54, 1.807) is 0 Å². The van der Waals surface area contributed by atoms with Crippen LogP contribution in [0.5, 0.6) is 0 Å². The molecule has 0 radical (unpaired) electrons. The molecule has 1 aromatic heterocycles. The van der Waals surface area contributed by atoms with Crippen molar-refractivity contribution < 1.29 is 9.59 Å². The molecular formula is C21H27N5O2. The third-order valence-electron chi connectivity index (χ3n) is 5.73. The van der Waals surface area contributed by atoms with Crippen molar-refractivity contribution in [3.63, 3.8) is 0 Å². The van der Waals surface area contributed by atoms with Gasteiger partial charge in [-0.25, -0.2) is 0 Å². The number of nitrogens with zero attached hydrogens (tertiary/aromatic N) is 4. The van der Waals surface area contributed by atoms with Crippen molar-refractivity contribution in [1.82, 2.24) is 19.7 Å². The van der Waals surface area contributed by atoms with E-state index in [9.17, 15) is 9.59 Å². The highest BCUT2D eigenvalue weighted by Gasteiger charge is 2.28. The van der Waals surface area contributed by atoms with Crippen LogP contribution >= 0.6 is 0 Å². The van der Waals surface area contributed by atoms with Gasteiger partial charge in [0.25, 0.3) is 0 Å². The molecule has 1 aromatic carbocycles. The van der Waals surface area contributed by atoms with Crippen molar-refractivity contribution in [2.45, 2.75) is 57.9 Å². The molecule has 1 N–H and O–H groups in total. The Labute approximate surface area is 165 Å². The largest absolute Gasteiger partial charge is 0.342 e. The lowest BCUT2D eigenvalue weighted by Gasteiger charge is -2.32. The zero-order valence-corrected chi connectivity index (χ0v) is 16.4. The van der Waals surface area contributed by atoms with Crippen molar-refractivity contribution >= 4 is 17.5 Å². The Hall–Kier alpha value is -2.70. The second-order valence-corrected chi connectivity index (χ2v) is 7.79. The van der Waals surface area contributed by atoms with E-state index in [2.05, 4.69) is 20.1 Å². The molecule has 2 amide bonds. The molecule has 0 saturated carbocycles. The number of likely N-dealkylation sites (tertiary alicyclic amines) is 1. The summed E-state index contributed by atoms with van der Waals surface area (Å²) in [5, 5.41) is 11.6. The van der Waals surface area contributed by atoms with E-state index < -0.39 is 0 Å². The van der Waals surface area contributed by atoms with E-state index in [0.29, 0.717) is 12.3 Å². The standard InChI is InChI=1S/C21H27N5O2/c1-15(27)22-18-7-5-16(6-8-18)14-20(28)25-12-9-17(10-13-25)21-24-23-19-4-2-3-11-26(19)21/h5-8,17H,2-4,9-14H2,1H3,(H,22,27). The van der Waals surface area contributed by atoms with Crippen molar-refractivity contribution in [3.8, 4) is 0 Å². The minimum absolute atomic E-state index is 0.0966. The SMILES string of the molecule is CC(=O)Nc1ccc(CC(=O)N2CCC(c3nnc4n3CCCC4)CC2)cc1. The van der Waals surface area contributed by atoms with Gasteiger partial charge in [0.15, 0.2) is 0 Å². The second kappa shape index (κ2) is 8.12. The van der Waals surface area contributed by atoms with Crippen LogP contribution in [-0.4, -0.2) is 44.6 Å². The van der Waals surface area contributed by atoms with Gasteiger partial charge in [-0.1, -0.05) is 12.1 Å². The molecule has 2 aromatic rings. The number of carbonyl (C=O) groups excluding carboxylic acids is 2. The normalized spacial score (nSPS) is 17.2. The predicted molar refractivity (Wildman–Crippen MR) is 106 cm³/mol. The molecule has 0 unspecified atom stereocenters. The molecule has 0 bridgehead atoms. The van der Waals surface area contributed by atoms with Gasteiger partial charge in [0.1, 0.15) is 11.6 Å². The average Bonchev–Trinajstić information content (AvgIpc) is 3.13. The summed E-state index contributed by atoms with van der Waals surface area (Å²) in [6.07, 6.45) is 5.74. The summed E-state index contributed by atoms with van der Waals surface area (Å²) in [7, 11) is 0. The molecule has 1 saturated heterocycles. The van der Waals surface area contributed by atoms with E-state index in [1.807, 2.05) is 29.2 Å². The average molecular weight is 381 g/mol. The molecule has 28 heavy (non-hydrogen) atoms. The first-order chi connectivity index (χ1) is 13.6. The predicted octanol–water partition coefficient (Wildman–Crippen LogP) is 2.52. The van der Waals surface area contributed by atoms with Gasteiger partial charge in [-0.2, -0.15) is 0 Å². The van der Waals surface area contributed by atoms with E-state index in [-0.39, 0.29) is 11.8 Å². The van der Waals surface area contributed by atoms with Crippen LogP contribution in [0.1, 0.15) is 55.7 Å². The molecule has 3 heterocycles. The number of rotatable bonds is 4. The van der Waals surface area contributed by atoms with Gasteiger partial charge in [-0.3, -0.25) is 9.59 Å². The van der Waals surface area contributed by atoms with E-state index >= 15 is 0 Å². The quantitative estimate of drug-likeness (QED) is 0.882. The summed E-state index contributed by atoms with van der Waals surface area (Å²) >= 11 is 0. The maximum atomic E-state index is 12.7. The fourth-order valence-electron chi connectivity index (χ4n) is 4.22. The Morgan fingerprint density at radius 1 is 1.07 bits per heavy atom. The van der Waals surface area contributed by atoms with Crippen molar-refractivity contribution in [2.75, 3.05) is 18.4 Å². The number of amides is 2. The minimum atomic E-state index is -0.0966. The van der Waals surface area contributed by atoms with Gasteiger partial charge >= 0.3 is 0 Å². The number of hydrogen-bond acceptors (Lipinski definition) is 4. The third kappa shape index (κ3) is 4.08. The van der Waals surface area contributed by atoms with E-state index in [0.717, 1.165) is 61.8 Å². The summed E-state index contributed by atoms with van der Waals surface area (Å²) in [6, 6.07) is 7.48.